The fourth-order valence-electron chi connectivity index (χ4n) is 4.33. The lowest BCUT2D eigenvalue weighted by atomic mass is 9.74. The highest BCUT2D eigenvalue weighted by atomic mass is 16.4. The quantitative estimate of drug-likeness (QED) is 0.512. The molecule has 3 rings (SSSR count). The molecule has 2 heterocycles. The minimum atomic E-state index is -1.61. The summed E-state index contributed by atoms with van der Waals surface area (Å²) in [6.45, 7) is 17.2. The number of benzene rings is 1. The van der Waals surface area contributed by atoms with E-state index in [9.17, 15) is 19.8 Å². The van der Waals surface area contributed by atoms with Gasteiger partial charge in [-0.1, -0.05) is 60.6 Å². The highest BCUT2D eigenvalue weighted by molar-refractivity contribution is 6.17. The summed E-state index contributed by atoms with van der Waals surface area (Å²) in [7, 11) is 0. The van der Waals surface area contributed by atoms with Crippen molar-refractivity contribution in [1.82, 2.24) is 14.8 Å². The summed E-state index contributed by atoms with van der Waals surface area (Å²) in [5.41, 5.74) is 3.30. The number of carboxylic acid groups (broad SMARTS) is 2. The first kappa shape index (κ1) is 23.5. The van der Waals surface area contributed by atoms with Crippen LogP contribution in [0.5, 0.6) is 0 Å². The summed E-state index contributed by atoms with van der Waals surface area (Å²) in [5, 5.41) is 25.5. The molecule has 32 heavy (non-hydrogen) atoms. The molecule has 0 aliphatic rings. The second-order valence-corrected chi connectivity index (χ2v) is 10.3. The molecule has 172 valence electrons. The van der Waals surface area contributed by atoms with Crippen molar-refractivity contribution in [3.05, 3.63) is 29.0 Å². The molecule has 1 aromatic carbocycles. The van der Waals surface area contributed by atoms with Crippen molar-refractivity contribution in [1.29, 1.82) is 0 Å². The number of pyridine rings is 1. The van der Waals surface area contributed by atoms with Gasteiger partial charge in [-0.15, -0.1) is 0 Å². The average molecular weight is 441 g/mol. The maximum Gasteiger partial charge on any atom is 0.422 e. The van der Waals surface area contributed by atoms with Gasteiger partial charge in [0.2, 0.25) is 0 Å². The van der Waals surface area contributed by atoms with Crippen LogP contribution in [0, 0.1) is 6.92 Å². The first-order valence-electron chi connectivity index (χ1n) is 10.8. The van der Waals surface area contributed by atoms with Crippen LogP contribution in [0.15, 0.2) is 12.1 Å². The van der Waals surface area contributed by atoms with Crippen LogP contribution in [0.3, 0.4) is 0 Å². The van der Waals surface area contributed by atoms with E-state index in [4.69, 9.17) is 0 Å². The van der Waals surface area contributed by atoms with Crippen molar-refractivity contribution in [3.8, 4) is 0 Å². The largest absolute Gasteiger partial charge is 0.464 e. The van der Waals surface area contributed by atoms with Gasteiger partial charge < -0.3 is 10.2 Å². The summed E-state index contributed by atoms with van der Waals surface area (Å²) in [6, 6.07) is 4.10. The van der Waals surface area contributed by atoms with Crippen LogP contribution in [0.4, 0.5) is 15.4 Å². The standard InChI is InChI=1S/C24H32N4O4/c1-9-12-27-13(2)16-14-10-11-15(23(3,4)5)17(24(6,7)8)18(14)25-20(19(16)26-27)28(21(29)30)22(31)32/h10-11H,9,12H2,1-8H3,(H,29,30)(H,31,32). The van der Waals surface area contributed by atoms with Gasteiger partial charge in [0.05, 0.1) is 5.52 Å². The molecular formula is C24H32N4O4. The van der Waals surface area contributed by atoms with Gasteiger partial charge in [-0.05, 0) is 35.3 Å². The van der Waals surface area contributed by atoms with Gasteiger partial charge >= 0.3 is 12.2 Å². The molecule has 0 aliphatic carbocycles. The number of aryl methyl sites for hydroxylation is 2. The third-order valence-corrected chi connectivity index (χ3v) is 5.67. The molecule has 0 radical (unpaired) electrons. The number of anilines is 1. The number of hydrogen-bond donors (Lipinski definition) is 2. The van der Waals surface area contributed by atoms with Crippen molar-refractivity contribution < 1.29 is 19.8 Å². The molecule has 2 N–H and O–H groups in total. The molecule has 8 nitrogen and oxygen atoms in total. The molecule has 2 aromatic heterocycles. The van der Waals surface area contributed by atoms with Crippen LogP contribution >= 0.6 is 0 Å². The van der Waals surface area contributed by atoms with Crippen molar-refractivity contribution in [2.45, 2.75) is 79.2 Å². The maximum absolute atomic E-state index is 11.9. The van der Waals surface area contributed by atoms with Crippen molar-refractivity contribution >= 4 is 39.8 Å². The molecule has 0 bridgehead atoms. The molecule has 0 spiro atoms. The fraction of sp³-hybridized carbons (Fsp3) is 0.500. The van der Waals surface area contributed by atoms with E-state index < -0.39 is 12.2 Å². The van der Waals surface area contributed by atoms with Crippen LogP contribution in [0.2, 0.25) is 0 Å². The number of hydrogen-bond acceptors (Lipinski definition) is 4. The van der Waals surface area contributed by atoms with Gasteiger partial charge in [-0.25, -0.2) is 14.6 Å². The molecular weight excluding hydrogens is 408 g/mol. The lowest BCUT2D eigenvalue weighted by Crippen LogP contribution is -2.35. The zero-order chi connectivity index (χ0) is 24.2. The predicted octanol–water partition coefficient (Wildman–Crippen LogP) is 6.06. The maximum atomic E-state index is 11.9. The zero-order valence-electron chi connectivity index (χ0n) is 20.1. The van der Waals surface area contributed by atoms with Gasteiger partial charge in [0, 0.05) is 23.0 Å². The van der Waals surface area contributed by atoms with E-state index in [1.807, 2.05) is 19.9 Å². The summed E-state index contributed by atoms with van der Waals surface area (Å²) in [5.74, 6) is -0.179. The van der Waals surface area contributed by atoms with Crippen LogP contribution in [-0.2, 0) is 17.4 Å². The SMILES string of the molecule is CCCn1nc2c(N(C(=O)O)C(=O)O)nc3c(C(C)(C)C)c(C(C)(C)C)ccc3c2c1C. The number of fused-ring (bicyclic) bond motifs is 3. The lowest BCUT2D eigenvalue weighted by Gasteiger charge is -2.31. The summed E-state index contributed by atoms with van der Waals surface area (Å²) >= 11 is 0. The van der Waals surface area contributed by atoms with Crippen LogP contribution in [-0.4, -0.2) is 37.2 Å². The predicted molar refractivity (Wildman–Crippen MR) is 126 cm³/mol. The Morgan fingerprint density at radius 3 is 2.06 bits per heavy atom. The second kappa shape index (κ2) is 7.76. The van der Waals surface area contributed by atoms with E-state index >= 15 is 0 Å². The molecule has 2 amide bonds. The highest BCUT2D eigenvalue weighted by Crippen LogP contribution is 2.42. The van der Waals surface area contributed by atoms with Gasteiger partial charge in [0.1, 0.15) is 5.52 Å². The van der Waals surface area contributed by atoms with Crippen molar-refractivity contribution in [2.24, 2.45) is 0 Å². The van der Waals surface area contributed by atoms with Crippen molar-refractivity contribution in [2.75, 3.05) is 4.90 Å². The molecule has 0 aliphatic heterocycles. The number of imide groups is 1. The Balaban J connectivity index is 2.64. The van der Waals surface area contributed by atoms with E-state index in [1.165, 1.54) is 0 Å². The minimum absolute atomic E-state index is 0.179. The summed E-state index contributed by atoms with van der Waals surface area (Å²) in [6.07, 6.45) is -2.39. The molecule has 0 unspecified atom stereocenters. The van der Waals surface area contributed by atoms with E-state index in [1.54, 1.807) is 4.68 Å². The monoisotopic (exact) mass is 440 g/mol. The third kappa shape index (κ3) is 3.78. The Morgan fingerprint density at radius 2 is 1.59 bits per heavy atom. The Kier molecular flexibility index (Phi) is 5.70. The molecule has 0 saturated heterocycles. The molecule has 3 aromatic rings. The average Bonchev–Trinajstić information content (AvgIpc) is 2.96. The smallest absolute Gasteiger partial charge is 0.422 e. The normalized spacial score (nSPS) is 12.5. The second-order valence-electron chi connectivity index (χ2n) is 10.3. The first-order valence-corrected chi connectivity index (χ1v) is 10.8. The van der Waals surface area contributed by atoms with Crippen molar-refractivity contribution in [3.63, 3.8) is 0 Å². The van der Waals surface area contributed by atoms with E-state index in [2.05, 4.69) is 57.7 Å². The minimum Gasteiger partial charge on any atom is -0.464 e. The summed E-state index contributed by atoms with van der Waals surface area (Å²) in [4.78, 5) is 28.8. The van der Waals surface area contributed by atoms with Gasteiger partial charge in [-0.2, -0.15) is 10.00 Å². The lowest BCUT2D eigenvalue weighted by molar-refractivity contribution is 0.184. The number of nitrogens with zero attached hydrogens (tertiary/aromatic N) is 4. The Labute approximate surface area is 187 Å². The van der Waals surface area contributed by atoms with E-state index in [0.29, 0.717) is 12.1 Å². The fourth-order valence-corrected chi connectivity index (χ4v) is 4.33. The molecule has 0 saturated carbocycles. The third-order valence-electron chi connectivity index (χ3n) is 5.67. The number of rotatable bonds is 3. The number of aromatic nitrogens is 3. The van der Waals surface area contributed by atoms with Crippen LogP contribution < -0.4 is 4.90 Å². The first-order chi connectivity index (χ1) is 14.7. The Hall–Kier alpha value is -3.16. The summed E-state index contributed by atoms with van der Waals surface area (Å²) < 4.78 is 1.80. The topological polar surface area (TPSA) is 109 Å². The van der Waals surface area contributed by atoms with E-state index in [-0.39, 0.29) is 27.1 Å². The highest BCUT2D eigenvalue weighted by Gasteiger charge is 2.33. The molecule has 8 heteroatoms. The Morgan fingerprint density at radius 1 is 1.00 bits per heavy atom. The van der Waals surface area contributed by atoms with E-state index in [0.717, 1.165) is 34.0 Å². The van der Waals surface area contributed by atoms with Gasteiger partial charge in [0.25, 0.3) is 0 Å². The zero-order valence-corrected chi connectivity index (χ0v) is 20.1. The van der Waals surface area contributed by atoms with Gasteiger partial charge in [-0.3, -0.25) is 4.68 Å². The van der Waals surface area contributed by atoms with Crippen LogP contribution in [0.1, 0.15) is 71.7 Å². The number of carbonyl (C=O) groups is 2. The van der Waals surface area contributed by atoms with Gasteiger partial charge in [0.15, 0.2) is 5.82 Å². The number of amides is 2. The van der Waals surface area contributed by atoms with Crippen LogP contribution in [0.25, 0.3) is 21.8 Å². The molecule has 0 atom stereocenters. The Bertz CT molecular complexity index is 1220. The molecule has 0 fully saturated rings.